The van der Waals surface area contributed by atoms with Crippen LogP contribution in [0, 0.1) is 5.92 Å². The van der Waals surface area contributed by atoms with Gasteiger partial charge in [0, 0.05) is 6.04 Å². The van der Waals surface area contributed by atoms with Gasteiger partial charge < -0.3 is 14.8 Å². The fourth-order valence-electron chi connectivity index (χ4n) is 1.92. The summed E-state index contributed by atoms with van der Waals surface area (Å²) in [5.74, 6) is 1.53. The van der Waals surface area contributed by atoms with Crippen molar-refractivity contribution in [2.45, 2.75) is 33.2 Å². The first-order chi connectivity index (χ1) is 9.27. The lowest BCUT2D eigenvalue weighted by Crippen LogP contribution is -2.39. The Hall–Kier alpha value is -1.06. The summed E-state index contributed by atoms with van der Waals surface area (Å²) in [6, 6.07) is 10.3. The molecule has 1 aromatic carbocycles. The second-order valence-corrected chi connectivity index (χ2v) is 4.79. The van der Waals surface area contributed by atoms with E-state index >= 15 is 0 Å². The molecule has 3 heteroatoms. The lowest BCUT2D eigenvalue weighted by atomic mass is 10.00. The van der Waals surface area contributed by atoms with Crippen molar-refractivity contribution in [3.8, 4) is 5.75 Å². The number of para-hydroxylation sites is 1. The highest BCUT2D eigenvalue weighted by molar-refractivity contribution is 5.20. The minimum absolute atomic E-state index is 0.437. The van der Waals surface area contributed by atoms with Gasteiger partial charge in [0.2, 0.25) is 0 Å². The highest BCUT2D eigenvalue weighted by Gasteiger charge is 2.14. The van der Waals surface area contributed by atoms with Gasteiger partial charge in [0.15, 0.2) is 0 Å². The lowest BCUT2D eigenvalue weighted by molar-refractivity contribution is 0.0718. The van der Waals surface area contributed by atoms with Gasteiger partial charge >= 0.3 is 0 Å². The largest absolute Gasteiger partial charge is 0.491 e. The van der Waals surface area contributed by atoms with Crippen LogP contribution >= 0.6 is 0 Å². The van der Waals surface area contributed by atoms with Gasteiger partial charge in [0.05, 0.1) is 13.2 Å². The molecule has 0 aromatic heterocycles. The Labute approximate surface area is 117 Å². The molecule has 0 heterocycles. The van der Waals surface area contributed by atoms with Crippen molar-refractivity contribution in [2.24, 2.45) is 5.92 Å². The Kier molecular flexibility index (Phi) is 8.26. The number of nitrogens with one attached hydrogen (secondary N) is 1. The Bertz CT molecular complexity index is 316. The van der Waals surface area contributed by atoms with Crippen LogP contribution in [0.5, 0.6) is 5.75 Å². The molecule has 1 rings (SSSR count). The predicted octanol–water partition coefficient (Wildman–Crippen LogP) is 3.11. The second-order valence-electron chi connectivity index (χ2n) is 4.79. The molecule has 0 bridgehead atoms. The van der Waals surface area contributed by atoms with Gasteiger partial charge in [-0.25, -0.2) is 0 Å². The number of hydrogen-bond donors (Lipinski definition) is 1. The van der Waals surface area contributed by atoms with Crippen LogP contribution in [-0.4, -0.2) is 32.4 Å². The van der Waals surface area contributed by atoms with E-state index in [0.717, 1.165) is 18.9 Å². The summed E-state index contributed by atoms with van der Waals surface area (Å²) in [5.41, 5.74) is 0. The van der Waals surface area contributed by atoms with E-state index in [1.54, 1.807) is 0 Å². The van der Waals surface area contributed by atoms with E-state index in [1.807, 2.05) is 30.3 Å². The van der Waals surface area contributed by atoms with Crippen LogP contribution < -0.4 is 10.1 Å². The number of rotatable bonds is 10. The molecule has 2 unspecified atom stereocenters. The Morgan fingerprint density at radius 2 is 1.84 bits per heavy atom. The molecule has 0 spiro atoms. The monoisotopic (exact) mass is 265 g/mol. The van der Waals surface area contributed by atoms with Crippen LogP contribution in [0.25, 0.3) is 0 Å². The first-order valence-corrected chi connectivity index (χ1v) is 7.26. The molecule has 2 atom stereocenters. The van der Waals surface area contributed by atoms with Gasteiger partial charge in [-0.2, -0.15) is 0 Å². The van der Waals surface area contributed by atoms with Crippen molar-refractivity contribution in [3.05, 3.63) is 30.3 Å². The third kappa shape index (κ3) is 6.60. The minimum Gasteiger partial charge on any atom is -0.491 e. The molecule has 19 heavy (non-hydrogen) atoms. The molecule has 108 valence electrons. The third-order valence-electron chi connectivity index (χ3n) is 3.33. The molecular weight excluding hydrogens is 238 g/mol. The highest BCUT2D eigenvalue weighted by atomic mass is 16.5. The first kappa shape index (κ1) is 16.0. The fourth-order valence-corrected chi connectivity index (χ4v) is 1.92. The van der Waals surface area contributed by atoms with Crippen LogP contribution in [0.4, 0.5) is 0 Å². The van der Waals surface area contributed by atoms with Crippen LogP contribution in [0.15, 0.2) is 30.3 Å². The van der Waals surface area contributed by atoms with Crippen molar-refractivity contribution < 1.29 is 9.47 Å². The maximum atomic E-state index is 5.71. The maximum Gasteiger partial charge on any atom is 0.119 e. The van der Waals surface area contributed by atoms with Gasteiger partial charge in [-0.05, 0) is 24.6 Å². The van der Waals surface area contributed by atoms with Gasteiger partial charge in [-0.3, -0.25) is 0 Å². The normalized spacial score (nSPS) is 14.1. The number of hydrogen-bond acceptors (Lipinski definition) is 3. The Morgan fingerprint density at radius 1 is 1.11 bits per heavy atom. The molecule has 0 saturated heterocycles. The van der Waals surface area contributed by atoms with E-state index in [0.29, 0.717) is 25.2 Å². The average molecular weight is 265 g/mol. The zero-order valence-corrected chi connectivity index (χ0v) is 12.4. The fraction of sp³-hybridized carbons (Fsp3) is 0.625. The zero-order chi connectivity index (χ0) is 13.9. The molecule has 1 aromatic rings. The summed E-state index contributed by atoms with van der Waals surface area (Å²) in [4.78, 5) is 0. The summed E-state index contributed by atoms with van der Waals surface area (Å²) in [6.45, 7) is 9.58. The minimum atomic E-state index is 0.437. The summed E-state index contributed by atoms with van der Waals surface area (Å²) >= 11 is 0. The van der Waals surface area contributed by atoms with Crippen molar-refractivity contribution in [1.29, 1.82) is 0 Å². The Balaban J connectivity index is 2.14. The molecule has 1 N–H and O–H groups in total. The van der Waals surface area contributed by atoms with Crippen LogP contribution in [0.3, 0.4) is 0 Å². The zero-order valence-electron chi connectivity index (χ0n) is 12.4. The first-order valence-electron chi connectivity index (χ1n) is 7.26. The van der Waals surface area contributed by atoms with Crippen molar-refractivity contribution in [3.63, 3.8) is 0 Å². The summed E-state index contributed by atoms with van der Waals surface area (Å²) in [5, 5.41) is 3.48. The topological polar surface area (TPSA) is 30.5 Å². The molecule has 0 aliphatic heterocycles. The number of benzene rings is 1. The molecule has 0 aliphatic carbocycles. The number of ether oxygens (including phenoxy) is 2. The molecule has 0 amide bonds. The van der Waals surface area contributed by atoms with Crippen molar-refractivity contribution in [1.82, 2.24) is 5.32 Å². The summed E-state index contributed by atoms with van der Waals surface area (Å²) in [6.07, 6.45) is 1.17. The SMILES string of the molecule is CCNC(COCCOc1ccccc1)C(C)CC. The van der Waals surface area contributed by atoms with E-state index in [1.165, 1.54) is 6.42 Å². The highest BCUT2D eigenvalue weighted by Crippen LogP contribution is 2.09. The van der Waals surface area contributed by atoms with E-state index in [2.05, 4.69) is 26.1 Å². The van der Waals surface area contributed by atoms with Gasteiger partial charge in [0.25, 0.3) is 0 Å². The van der Waals surface area contributed by atoms with Crippen LogP contribution in [0.1, 0.15) is 27.2 Å². The van der Waals surface area contributed by atoms with E-state index in [9.17, 15) is 0 Å². The smallest absolute Gasteiger partial charge is 0.119 e. The third-order valence-corrected chi connectivity index (χ3v) is 3.33. The van der Waals surface area contributed by atoms with E-state index in [-0.39, 0.29) is 0 Å². The summed E-state index contributed by atoms with van der Waals surface area (Å²) < 4.78 is 11.3. The van der Waals surface area contributed by atoms with E-state index in [4.69, 9.17) is 9.47 Å². The summed E-state index contributed by atoms with van der Waals surface area (Å²) in [7, 11) is 0. The molecular formula is C16H27NO2. The molecule has 0 fully saturated rings. The van der Waals surface area contributed by atoms with Crippen LogP contribution in [0.2, 0.25) is 0 Å². The molecule has 0 saturated carbocycles. The van der Waals surface area contributed by atoms with Crippen molar-refractivity contribution in [2.75, 3.05) is 26.4 Å². The average Bonchev–Trinajstić information content (AvgIpc) is 2.46. The quantitative estimate of drug-likeness (QED) is 0.659. The maximum absolute atomic E-state index is 5.71. The van der Waals surface area contributed by atoms with Crippen molar-refractivity contribution >= 4 is 0 Å². The lowest BCUT2D eigenvalue weighted by Gasteiger charge is -2.23. The van der Waals surface area contributed by atoms with Gasteiger partial charge in [-0.1, -0.05) is 45.4 Å². The molecule has 3 nitrogen and oxygen atoms in total. The van der Waals surface area contributed by atoms with E-state index < -0.39 is 0 Å². The predicted molar refractivity (Wildman–Crippen MR) is 79.7 cm³/mol. The van der Waals surface area contributed by atoms with Gasteiger partial charge in [-0.15, -0.1) is 0 Å². The Morgan fingerprint density at radius 3 is 2.47 bits per heavy atom. The molecule has 0 radical (unpaired) electrons. The number of likely N-dealkylation sites (N-methyl/N-ethyl adjacent to an activating group) is 1. The molecule has 0 aliphatic rings. The van der Waals surface area contributed by atoms with Crippen LogP contribution in [-0.2, 0) is 4.74 Å². The second kappa shape index (κ2) is 9.82. The van der Waals surface area contributed by atoms with Gasteiger partial charge in [0.1, 0.15) is 12.4 Å². The standard InChI is InChI=1S/C16H27NO2/c1-4-14(3)16(17-5-2)13-18-11-12-19-15-9-7-6-8-10-15/h6-10,14,16-17H,4-5,11-13H2,1-3H3.